The van der Waals surface area contributed by atoms with Crippen molar-refractivity contribution in [2.45, 2.75) is 47.6 Å². The van der Waals surface area contributed by atoms with E-state index in [-0.39, 0.29) is 17.9 Å². The molecule has 0 aromatic rings. The lowest BCUT2D eigenvalue weighted by molar-refractivity contribution is -0.127. The normalized spacial score (nSPS) is 15.2. The quantitative estimate of drug-likeness (QED) is 0.728. The van der Waals surface area contributed by atoms with Crippen LogP contribution in [0.3, 0.4) is 0 Å². The van der Waals surface area contributed by atoms with Crippen molar-refractivity contribution in [3.8, 4) is 0 Å². The fourth-order valence-electron chi connectivity index (χ4n) is 1.26. The Morgan fingerprint density at radius 1 is 1.12 bits per heavy atom. The van der Waals surface area contributed by atoms with Crippen LogP contribution in [-0.2, 0) is 9.53 Å². The topological polar surface area (TPSA) is 38.3 Å². The largest absolute Gasteiger partial charge is 0.380 e. The van der Waals surface area contributed by atoms with E-state index < -0.39 is 0 Å². The Bertz CT molecular complexity index is 202. The molecule has 0 bridgehead atoms. The highest BCUT2D eigenvalue weighted by molar-refractivity contribution is 5.78. The van der Waals surface area contributed by atoms with E-state index in [4.69, 9.17) is 4.74 Å². The van der Waals surface area contributed by atoms with Gasteiger partial charge in [0.1, 0.15) is 0 Å². The van der Waals surface area contributed by atoms with Crippen LogP contribution in [0.4, 0.5) is 0 Å². The van der Waals surface area contributed by atoms with Crippen molar-refractivity contribution in [1.29, 1.82) is 0 Å². The van der Waals surface area contributed by atoms with Gasteiger partial charge in [-0.2, -0.15) is 0 Å². The predicted octanol–water partition coefficient (Wildman–Crippen LogP) is 2.46. The second-order valence-electron chi connectivity index (χ2n) is 5.05. The first-order chi connectivity index (χ1) is 7.40. The Kier molecular flexibility index (Phi) is 7.39. The minimum atomic E-state index is 0.0582. The van der Waals surface area contributed by atoms with Crippen molar-refractivity contribution in [3.05, 3.63) is 0 Å². The highest BCUT2D eigenvalue weighted by Gasteiger charge is 2.21. The number of carbonyl (C=O) groups is 1. The summed E-state index contributed by atoms with van der Waals surface area (Å²) in [7, 11) is 0. The molecule has 0 radical (unpaired) electrons. The van der Waals surface area contributed by atoms with Gasteiger partial charge in [-0.25, -0.2) is 0 Å². The molecule has 3 nitrogen and oxygen atoms in total. The number of carbonyl (C=O) groups excluding carboxylic acids is 1. The van der Waals surface area contributed by atoms with Crippen molar-refractivity contribution in [2.75, 3.05) is 13.2 Å². The van der Waals surface area contributed by atoms with Gasteiger partial charge < -0.3 is 10.1 Å². The molecule has 0 aliphatic carbocycles. The lowest BCUT2D eigenvalue weighted by Crippen LogP contribution is -2.45. The summed E-state index contributed by atoms with van der Waals surface area (Å²) in [5, 5.41) is 3.07. The van der Waals surface area contributed by atoms with Gasteiger partial charge in [0.25, 0.3) is 0 Å². The first kappa shape index (κ1) is 15.4. The maximum absolute atomic E-state index is 11.9. The van der Waals surface area contributed by atoms with Crippen molar-refractivity contribution in [1.82, 2.24) is 5.32 Å². The van der Waals surface area contributed by atoms with E-state index in [1.54, 1.807) is 0 Å². The van der Waals surface area contributed by atoms with Gasteiger partial charge in [0.05, 0.1) is 12.6 Å². The Morgan fingerprint density at radius 2 is 1.69 bits per heavy atom. The van der Waals surface area contributed by atoms with Crippen molar-refractivity contribution < 1.29 is 9.53 Å². The SMILES string of the molecule is CCOC[C@@H](NC(=O)[C@@H](C)C(C)C)C(C)C. The number of rotatable bonds is 7. The zero-order valence-corrected chi connectivity index (χ0v) is 11.5. The van der Waals surface area contributed by atoms with E-state index in [2.05, 4.69) is 33.0 Å². The van der Waals surface area contributed by atoms with Crippen LogP contribution in [0.5, 0.6) is 0 Å². The van der Waals surface area contributed by atoms with Crippen LogP contribution in [0.1, 0.15) is 41.5 Å². The van der Waals surface area contributed by atoms with Gasteiger partial charge >= 0.3 is 0 Å². The average molecular weight is 229 g/mol. The number of ether oxygens (including phenoxy) is 1. The zero-order chi connectivity index (χ0) is 12.7. The van der Waals surface area contributed by atoms with Crippen LogP contribution >= 0.6 is 0 Å². The second kappa shape index (κ2) is 7.66. The third-order valence-corrected chi connectivity index (χ3v) is 3.05. The first-order valence-corrected chi connectivity index (χ1v) is 6.28. The van der Waals surface area contributed by atoms with Crippen LogP contribution in [0.2, 0.25) is 0 Å². The molecule has 0 rings (SSSR count). The van der Waals surface area contributed by atoms with Gasteiger partial charge in [-0.3, -0.25) is 4.79 Å². The standard InChI is InChI=1S/C13H27NO2/c1-7-16-8-12(10(4)5)14-13(15)11(6)9(2)3/h9-12H,7-8H2,1-6H3,(H,14,15)/t11-,12+/m0/s1. The molecule has 1 N–H and O–H groups in total. The highest BCUT2D eigenvalue weighted by Crippen LogP contribution is 2.11. The third-order valence-electron chi connectivity index (χ3n) is 3.05. The summed E-state index contributed by atoms with van der Waals surface area (Å²) in [5.41, 5.74) is 0. The minimum absolute atomic E-state index is 0.0582. The Balaban J connectivity index is 4.23. The van der Waals surface area contributed by atoms with Crippen LogP contribution in [0.15, 0.2) is 0 Å². The van der Waals surface area contributed by atoms with E-state index in [1.807, 2.05) is 13.8 Å². The summed E-state index contributed by atoms with van der Waals surface area (Å²) in [6.07, 6.45) is 0. The van der Waals surface area contributed by atoms with Gasteiger partial charge in [0.15, 0.2) is 0 Å². The molecule has 0 aliphatic heterocycles. The van der Waals surface area contributed by atoms with Crippen molar-refractivity contribution >= 4 is 5.91 Å². The molecule has 1 amide bonds. The number of nitrogens with one attached hydrogen (secondary N) is 1. The summed E-state index contributed by atoms with van der Waals surface area (Å²) in [6.45, 7) is 13.6. The number of amides is 1. The van der Waals surface area contributed by atoms with Crippen LogP contribution < -0.4 is 5.32 Å². The monoisotopic (exact) mass is 229 g/mol. The minimum Gasteiger partial charge on any atom is -0.380 e. The molecule has 96 valence electrons. The molecule has 2 atom stereocenters. The van der Waals surface area contributed by atoms with E-state index in [1.165, 1.54) is 0 Å². The second-order valence-corrected chi connectivity index (χ2v) is 5.05. The zero-order valence-electron chi connectivity index (χ0n) is 11.5. The number of hydrogen-bond donors (Lipinski definition) is 1. The molecule has 0 heterocycles. The van der Waals surface area contributed by atoms with E-state index >= 15 is 0 Å². The molecule has 0 aromatic heterocycles. The summed E-state index contributed by atoms with van der Waals surface area (Å²) in [6, 6.07) is 0.119. The van der Waals surface area contributed by atoms with Gasteiger partial charge in [-0.15, -0.1) is 0 Å². The smallest absolute Gasteiger partial charge is 0.223 e. The summed E-state index contributed by atoms with van der Waals surface area (Å²) in [4.78, 5) is 11.9. The molecule has 0 saturated heterocycles. The fourth-order valence-corrected chi connectivity index (χ4v) is 1.26. The van der Waals surface area contributed by atoms with Crippen molar-refractivity contribution in [3.63, 3.8) is 0 Å². The molecular weight excluding hydrogens is 202 g/mol. The number of hydrogen-bond acceptors (Lipinski definition) is 2. The Morgan fingerprint density at radius 3 is 2.06 bits per heavy atom. The van der Waals surface area contributed by atoms with Gasteiger partial charge in [0, 0.05) is 12.5 Å². The molecule has 0 unspecified atom stereocenters. The molecule has 0 aliphatic rings. The predicted molar refractivity (Wildman–Crippen MR) is 67.3 cm³/mol. The Hall–Kier alpha value is -0.570. The maximum atomic E-state index is 11.9. The summed E-state index contributed by atoms with van der Waals surface area (Å²) < 4.78 is 5.38. The molecule has 0 saturated carbocycles. The molecule has 16 heavy (non-hydrogen) atoms. The van der Waals surface area contributed by atoms with Crippen LogP contribution in [-0.4, -0.2) is 25.2 Å². The molecule has 0 spiro atoms. The molecular formula is C13H27NO2. The highest BCUT2D eigenvalue weighted by atomic mass is 16.5. The van der Waals surface area contributed by atoms with Crippen LogP contribution in [0.25, 0.3) is 0 Å². The lowest BCUT2D eigenvalue weighted by Gasteiger charge is -2.25. The lowest BCUT2D eigenvalue weighted by atomic mass is 9.96. The van der Waals surface area contributed by atoms with E-state index in [9.17, 15) is 4.79 Å². The third kappa shape index (κ3) is 5.50. The van der Waals surface area contributed by atoms with Crippen LogP contribution in [0, 0.1) is 17.8 Å². The van der Waals surface area contributed by atoms with Gasteiger partial charge in [-0.1, -0.05) is 34.6 Å². The molecule has 0 fully saturated rings. The van der Waals surface area contributed by atoms with Crippen molar-refractivity contribution in [2.24, 2.45) is 17.8 Å². The summed E-state index contributed by atoms with van der Waals surface area (Å²) in [5.74, 6) is 0.964. The van der Waals surface area contributed by atoms with E-state index in [0.717, 1.165) is 0 Å². The molecule has 3 heteroatoms. The first-order valence-electron chi connectivity index (χ1n) is 6.28. The Labute approximate surface area is 99.9 Å². The van der Waals surface area contributed by atoms with Gasteiger partial charge in [-0.05, 0) is 18.8 Å². The fraction of sp³-hybridized carbons (Fsp3) is 0.923. The maximum Gasteiger partial charge on any atom is 0.223 e. The molecule has 0 aromatic carbocycles. The summed E-state index contributed by atoms with van der Waals surface area (Å²) >= 11 is 0. The van der Waals surface area contributed by atoms with Gasteiger partial charge in [0.2, 0.25) is 5.91 Å². The van der Waals surface area contributed by atoms with E-state index in [0.29, 0.717) is 25.0 Å². The average Bonchev–Trinajstić information content (AvgIpc) is 2.21.